The van der Waals surface area contributed by atoms with E-state index in [1.165, 1.54) is 17.8 Å². The van der Waals surface area contributed by atoms with Gasteiger partial charge in [-0.25, -0.2) is 0 Å². The first-order chi connectivity index (χ1) is 9.15. The molecular weight excluding hydrogens is 260 g/mol. The van der Waals surface area contributed by atoms with E-state index in [2.05, 4.69) is 22.4 Å². The van der Waals surface area contributed by atoms with Crippen LogP contribution in [-0.2, 0) is 0 Å². The minimum absolute atomic E-state index is 0.0224. The molecule has 2 aromatic rings. The Balaban J connectivity index is 1.91. The molecule has 0 bridgehead atoms. The molecule has 6 heteroatoms. The van der Waals surface area contributed by atoms with Gasteiger partial charge in [0.15, 0.2) is 0 Å². The molecule has 0 spiro atoms. The number of thiophene rings is 1. The SMILES string of the molecule is CCC1(NC(=O)c2sc3nnccc3c2N)CCC1. The van der Waals surface area contributed by atoms with Gasteiger partial charge in [0.2, 0.25) is 0 Å². The predicted octanol–water partition coefficient (Wildman–Crippen LogP) is 2.34. The van der Waals surface area contributed by atoms with Crippen molar-refractivity contribution in [3.05, 3.63) is 17.1 Å². The normalized spacial score (nSPS) is 17.1. The zero-order valence-electron chi connectivity index (χ0n) is 10.8. The van der Waals surface area contributed by atoms with E-state index in [1.807, 2.05) is 0 Å². The van der Waals surface area contributed by atoms with E-state index in [0.29, 0.717) is 15.4 Å². The molecule has 0 radical (unpaired) electrons. The summed E-state index contributed by atoms with van der Waals surface area (Å²) < 4.78 is 0. The first-order valence-corrected chi connectivity index (χ1v) is 7.29. The van der Waals surface area contributed by atoms with Gasteiger partial charge < -0.3 is 11.1 Å². The summed E-state index contributed by atoms with van der Waals surface area (Å²) in [4.78, 5) is 13.6. The fourth-order valence-electron chi connectivity index (χ4n) is 2.51. The first-order valence-electron chi connectivity index (χ1n) is 6.47. The summed E-state index contributed by atoms with van der Waals surface area (Å²) in [6.07, 6.45) is 5.84. The van der Waals surface area contributed by atoms with Crippen molar-refractivity contribution >= 4 is 33.1 Å². The lowest BCUT2D eigenvalue weighted by molar-refractivity contribution is 0.0825. The Kier molecular flexibility index (Phi) is 2.89. The number of nitrogens with zero attached hydrogens (tertiary/aromatic N) is 2. The minimum atomic E-state index is -0.0814. The number of carbonyl (C=O) groups is 1. The van der Waals surface area contributed by atoms with E-state index in [9.17, 15) is 4.79 Å². The van der Waals surface area contributed by atoms with Crippen molar-refractivity contribution in [3.63, 3.8) is 0 Å². The van der Waals surface area contributed by atoms with Gasteiger partial charge in [0.1, 0.15) is 9.71 Å². The van der Waals surface area contributed by atoms with E-state index < -0.39 is 0 Å². The summed E-state index contributed by atoms with van der Waals surface area (Å²) in [6.45, 7) is 2.11. The van der Waals surface area contributed by atoms with Crippen LogP contribution in [0.25, 0.3) is 10.2 Å². The summed E-state index contributed by atoms with van der Waals surface area (Å²) in [5.41, 5.74) is 6.53. The van der Waals surface area contributed by atoms with Crippen LogP contribution in [0.1, 0.15) is 42.3 Å². The second kappa shape index (κ2) is 4.45. The molecule has 0 aliphatic heterocycles. The van der Waals surface area contributed by atoms with Crippen LogP contribution in [0.4, 0.5) is 5.69 Å². The third-order valence-corrected chi connectivity index (χ3v) is 5.10. The highest BCUT2D eigenvalue weighted by Crippen LogP contribution is 2.37. The van der Waals surface area contributed by atoms with Crippen LogP contribution < -0.4 is 11.1 Å². The lowest BCUT2D eigenvalue weighted by Gasteiger charge is -2.41. The van der Waals surface area contributed by atoms with Crippen molar-refractivity contribution < 1.29 is 4.79 Å². The van der Waals surface area contributed by atoms with Crippen molar-refractivity contribution in [2.24, 2.45) is 0 Å². The molecule has 100 valence electrons. The molecule has 0 unspecified atom stereocenters. The van der Waals surface area contributed by atoms with Crippen LogP contribution in [0.5, 0.6) is 0 Å². The summed E-state index contributed by atoms with van der Waals surface area (Å²) in [7, 11) is 0. The molecular formula is C13H16N4OS. The molecule has 0 saturated heterocycles. The molecule has 19 heavy (non-hydrogen) atoms. The van der Waals surface area contributed by atoms with Crippen LogP contribution in [0.3, 0.4) is 0 Å². The highest BCUT2D eigenvalue weighted by Gasteiger charge is 2.37. The summed E-state index contributed by atoms with van der Waals surface area (Å²) >= 11 is 1.31. The summed E-state index contributed by atoms with van der Waals surface area (Å²) in [5.74, 6) is -0.0814. The standard InChI is InChI=1S/C13H16N4OS/c1-2-13(5-3-6-13)16-11(18)10-9(14)8-4-7-15-17-12(8)19-10/h4,7H,2-3,5-6,14H2,1H3,(H,16,18). The number of rotatable bonds is 3. The fourth-order valence-corrected chi connectivity index (χ4v) is 3.44. The lowest BCUT2D eigenvalue weighted by atomic mass is 9.75. The molecule has 1 fully saturated rings. The number of amides is 1. The minimum Gasteiger partial charge on any atom is -0.397 e. The van der Waals surface area contributed by atoms with Crippen LogP contribution in [0.15, 0.2) is 12.3 Å². The Hall–Kier alpha value is -1.69. The maximum atomic E-state index is 12.4. The number of anilines is 1. The predicted molar refractivity (Wildman–Crippen MR) is 76.2 cm³/mol. The fraction of sp³-hybridized carbons (Fsp3) is 0.462. The van der Waals surface area contributed by atoms with Gasteiger partial charge in [-0.05, 0) is 31.7 Å². The summed E-state index contributed by atoms with van der Waals surface area (Å²) in [6, 6.07) is 1.80. The molecule has 2 heterocycles. The molecule has 2 aromatic heterocycles. The van der Waals surface area contributed by atoms with Crippen LogP contribution in [-0.4, -0.2) is 21.6 Å². The van der Waals surface area contributed by atoms with Crippen molar-refractivity contribution in [1.82, 2.24) is 15.5 Å². The molecule has 0 aromatic carbocycles. The Morgan fingerprint density at radius 2 is 2.37 bits per heavy atom. The number of hydrogen-bond acceptors (Lipinski definition) is 5. The van der Waals surface area contributed by atoms with Gasteiger partial charge in [0.25, 0.3) is 5.91 Å². The number of fused-ring (bicyclic) bond motifs is 1. The molecule has 1 aliphatic rings. The van der Waals surface area contributed by atoms with E-state index in [4.69, 9.17) is 5.73 Å². The number of nitrogen functional groups attached to an aromatic ring is 1. The van der Waals surface area contributed by atoms with Crippen molar-refractivity contribution in [3.8, 4) is 0 Å². The van der Waals surface area contributed by atoms with Crippen LogP contribution >= 0.6 is 11.3 Å². The number of aromatic nitrogens is 2. The molecule has 1 amide bonds. The maximum Gasteiger partial charge on any atom is 0.264 e. The largest absolute Gasteiger partial charge is 0.397 e. The monoisotopic (exact) mass is 276 g/mol. The van der Waals surface area contributed by atoms with Crippen molar-refractivity contribution in [2.45, 2.75) is 38.1 Å². The Morgan fingerprint density at radius 3 is 2.95 bits per heavy atom. The molecule has 3 rings (SSSR count). The van der Waals surface area contributed by atoms with Gasteiger partial charge in [0.05, 0.1) is 11.9 Å². The van der Waals surface area contributed by atoms with Gasteiger partial charge >= 0.3 is 0 Å². The molecule has 3 N–H and O–H groups in total. The van der Waals surface area contributed by atoms with Crippen molar-refractivity contribution in [2.75, 3.05) is 5.73 Å². The van der Waals surface area contributed by atoms with Gasteiger partial charge in [-0.15, -0.1) is 16.4 Å². The summed E-state index contributed by atoms with van der Waals surface area (Å²) in [5, 5.41) is 11.8. The molecule has 1 aliphatic carbocycles. The number of hydrogen-bond donors (Lipinski definition) is 2. The number of nitrogens with two attached hydrogens (primary N) is 1. The quantitative estimate of drug-likeness (QED) is 0.901. The highest BCUT2D eigenvalue weighted by atomic mass is 32.1. The lowest BCUT2D eigenvalue weighted by Crippen LogP contribution is -2.52. The second-order valence-electron chi connectivity index (χ2n) is 5.04. The third kappa shape index (κ3) is 1.96. The molecule has 5 nitrogen and oxygen atoms in total. The van der Waals surface area contributed by atoms with E-state index >= 15 is 0 Å². The van der Waals surface area contributed by atoms with Gasteiger partial charge in [-0.3, -0.25) is 4.79 Å². The highest BCUT2D eigenvalue weighted by molar-refractivity contribution is 7.21. The Morgan fingerprint density at radius 1 is 1.58 bits per heavy atom. The Labute approximate surface area is 115 Å². The smallest absolute Gasteiger partial charge is 0.264 e. The third-order valence-electron chi connectivity index (χ3n) is 3.99. The zero-order valence-corrected chi connectivity index (χ0v) is 11.6. The van der Waals surface area contributed by atoms with Crippen molar-refractivity contribution in [1.29, 1.82) is 0 Å². The van der Waals surface area contributed by atoms with Gasteiger partial charge in [-0.1, -0.05) is 6.92 Å². The van der Waals surface area contributed by atoms with Crippen LogP contribution in [0.2, 0.25) is 0 Å². The first kappa shape index (κ1) is 12.3. The topological polar surface area (TPSA) is 80.9 Å². The average molecular weight is 276 g/mol. The van der Waals surface area contributed by atoms with E-state index in [1.54, 1.807) is 12.3 Å². The van der Waals surface area contributed by atoms with Gasteiger partial charge in [0, 0.05) is 10.9 Å². The maximum absolute atomic E-state index is 12.4. The van der Waals surface area contributed by atoms with E-state index in [0.717, 1.165) is 24.6 Å². The van der Waals surface area contributed by atoms with E-state index in [-0.39, 0.29) is 11.4 Å². The number of carbonyl (C=O) groups excluding carboxylic acids is 1. The number of nitrogens with one attached hydrogen (secondary N) is 1. The van der Waals surface area contributed by atoms with Gasteiger partial charge in [-0.2, -0.15) is 5.10 Å². The molecule has 0 atom stereocenters. The average Bonchev–Trinajstić information content (AvgIpc) is 2.72. The molecule has 1 saturated carbocycles. The Bertz CT molecular complexity index is 627. The second-order valence-corrected chi connectivity index (χ2v) is 6.04. The zero-order chi connectivity index (χ0) is 13.5. The van der Waals surface area contributed by atoms with Crippen LogP contribution in [0, 0.1) is 0 Å².